The third kappa shape index (κ3) is 3.83. The zero-order valence-electron chi connectivity index (χ0n) is 19.7. The first-order valence-corrected chi connectivity index (χ1v) is 11.2. The van der Waals surface area contributed by atoms with E-state index in [1.807, 2.05) is 52.7 Å². The van der Waals surface area contributed by atoms with Crippen molar-refractivity contribution in [2.24, 2.45) is 0 Å². The first kappa shape index (κ1) is 21.8. The first-order chi connectivity index (χ1) is 16.5. The average molecular weight is 456 g/mol. The molecule has 3 heterocycles. The molecule has 5 rings (SSSR count). The Bertz CT molecular complexity index is 1420. The van der Waals surface area contributed by atoms with E-state index in [0.29, 0.717) is 22.8 Å². The van der Waals surface area contributed by atoms with E-state index in [-0.39, 0.29) is 6.04 Å². The molecule has 34 heavy (non-hydrogen) atoms. The largest absolute Gasteiger partial charge is 0.495 e. The van der Waals surface area contributed by atoms with Crippen LogP contribution >= 0.6 is 0 Å². The molecule has 172 valence electrons. The summed E-state index contributed by atoms with van der Waals surface area (Å²) in [6.07, 6.45) is 5.53. The lowest BCUT2D eigenvalue weighted by Gasteiger charge is -2.21. The fraction of sp³-hybridized carbons (Fsp3) is 0.222. The lowest BCUT2D eigenvalue weighted by Crippen LogP contribution is -2.12. The third-order valence-corrected chi connectivity index (χ3v) is 6.19. The summed E-state index contributed by atoms with van der Waals surface area (Å²) < 4.78 is 23.5. The number of imidazole rings is 1. The Morgan fingerprint density at radius 1 is 1.00 bits per heavy atom. The zero-order valence-corrected chi connectivity index (χ0v) is 19.7. The highest BCUT2D eigenvalue weighted by molar-refractivity contribution is 5.80. The van der Waals surface area contributed by atoms with E-state index < -0.39 is 6.67 Å². The highest BCUT2D eigenvalue weighted by Crippen LogP contribution is 2.37. The number of halogens is 1. The molecule has 0 saturated carbocycles. The second-order valence-corrected chi connectivity index (χ2v) is 8.57. The Labute approximate surface area is 198 Å². The molecule has 3 aromatic rings. The molecule has 0 saturated heterocycles. The van der Waals surface area contributed by atoms with Crippen LogP contribution in [0.1, 0.15) is 35.3 Å². The molecule has 6 nitrogen and oxygen atoms in total. The smallest absolute Gasteiger partial charge is 0.165 e. The molecule has 0 amide bonds. The van der Waals surface area contributed by atoms with Gasteiger partial charge in [-0.2, -0.15) is 0 Å². The number of benzene rings is 2. The molecule has 7 heteroatoms. The van der Waals surface area contributed by atoms with E-state index in [0.717, 1.165) is 28.1 Å². The summed E-state index contributed by atoms with van der Waals surface area (Å²) in [5, 5.41) is 9.01. The van der Waals surface area contributed by atoms with Gasteiger partial charge in [0, 0.05) is 29.1 Å². The van der Waals surface area contributed by atoms with Gasteiger partial charge >= 0.3 is 0 Å². The van der Waals surface area contributed by atoms with Crippen LogP contribution in [0.5, 0.6) is 5.75 Å². The van der Waals surface area contributed by atoms with Crippen LogP contribution in [0, 0.1) is 13.8 Å². The molecule has 0 radical (unpaired) electrons. The van der Waals surface area contributed by atoms with Crippen LogP contribution in [-0.4, -0.2) is 31.4 Å². The van der Waals surface area contributed by atoms with Crippen molar-refractivity contribution in [2.75, 3.05) is 7.11 Å². The average Bonchev–Trinajstić information content (AvgIpc) is 3.49. The van der Waals surface area contributed by atoms with Gasteiger partial charge in [-0.15, -0.1) is 10.2 Å². The molecule has 0 N–H and O–H groups in total. The van der Waals surface area contributed by atoms with Gasteiger partial charge in [0.15, 0.2) is 5.82 Å². The highest BCUT2D eigenvalue weighted by atomic mass is 19.1. The maximum absolute atomic E-state index is 13.9. The summed E-state index contributed by atoms with van der Waals surface area (Å²) in [5.74, 6) is 1.40. The van der Waals surface area contributed by atoms with Gasteiger partial charge in [-0.05, 0) is 44.5 Å². The van der Waals surface area contributed by atoms with Crippen LogP contribution in [0.3, 0.4) is 0 Å². The Morgan fingerprint density at radius 2 is 1.79 bits per heavy atom. The van der Waals surface area contributed by atoms with Crippen LogP contribution in [0.4, 0.5) is 4.39 Å². The second kappa shape index (κ2) is 8.74. The number of aryl methyl sites for hydroxylation is 2. The van der Waals surface area contributed by atoms with Gasteiger partial charge < -0.3 is 13.9 Å². The summed E-state index contributed by atoms with van der Waals surface area (Å²) in [6, 6.07) is 16.1. The predicted octanol–water partition coefficient (Wildman–Crippen LogP) is 5.94. The number of alkyl halides is 1. The Balaban J connectivity index is 1.59. The van der Waals surface area contributed by atoms with E-state index >= 15 is 0 Å². The quantitative estimate of drug-likeness (QED) is 0.318. The van der Waals surface area contributed by atoms with E-state index in [2.05, 4.69) is 53.3 Å². The number of hydrogen-bond donors (Lipinski definition) is 0. The number of fused-ring (bicyclic) bond motifs is 1. The second-order valence-electron chi connectivity index (χ2n) is 8.57. The normalized spacial score (nSPS) is 12.3. The van der Waals surface area contributed by atoms with Crippen LogP contribution in [0.2, 0.25) is 0 Å². The SMILES string of the molecule is COc1cc(-c2nnc3n([C@@H](C)c4ccc(C)cc4)cc(CF)cc2-3)ccc1-n1cnc(C)c1. The van der Waals surface area contributed by atoms with Crippen LogP contribution in [0.25, 0.3) is 28.3 Å². The third-order valence-electron chi connectivity index (χ3n) is 6.19. The van der Waals surface area contributed by atoms with Crippen molar-refractivity contribution in [1.82, 2.24) is 24.3 Å². The molecule has 1 aromatic heterocycles. The van der Waals surface area contributed by atoms with Gasteiger partial charge in [0.2, 0.25) is 0 Å². The summed E-state index contributed by atoms with van der Waals surface area (Å²) >= 11 is 0. The Morgan fingerprint density at radius 3 is 2.47 bits per heavy atom. The lowest BCUT2D eigenvalue weighted by molar-refractivity contribution is 0.413. The number of hydrogen-bond acceptors (Lipinski definition) is 4. The molecular formula is C27H26FN5O. The Kier molecular flexibility index (Phi) is 5.61. The minimum absolute atomic E-state index is 0.0273. The molecule has 0 bridgehead atoms. The standard InChI is InChI=1S/C27H26FN5O/c1-17-5-7-21(8-6-17)19(3)33-15-20(13-28)11-23-26(30-31-27(23)33)22-9-10-24(25(12-22)34-4)32-14-18(2)29-16-32/h5-12,14-16,19H,13H2,1-4H3/t19-/m0/s1. The highest BCUT2D eigenvalue weighted by Gasteiger charge is 2.23. The summed E-state index contributed by atoms with van der Waals surface area (Å²) in [5.41, 5.74) is 7.06. The lowest BCUT2D eigenvalue weighted by atomic mass is 10.0. The summed E-state index contributed by atoms with van der Waals surface area (Å²) in [7, 11) is 1.64. The van der Waals surface area contributed by atoms with Gasteiger partial charge in [-0.3, -0.25) is 0 Å². The van der Waals surface area contributed by atoms with Crippen molar-refractivity contribution in [3.8, 4) is 34.1 Å². The first-order valence-electron chi connectivity index (χ1n) is 11.2. The van der Waals surface area contributed by atoms with Crippen molar-refractivity contribution >= 4 is 0 Å². The minimum atomic E-state index is -0.566. The number of methoxy groups -OCH3 is 1. The van der Waals surface area contributed by atoms with E-state index in [9.17, 15) is 4.39 Å². The van der Waals surface area contributed by atoms with Crippen molar-refractivity contribution in [2.45, 2.75) is 33.5 Å². The zero-order chi connectivity index (χ0) is 23.8. The number of pyridine rings is 1. The summed E-state index contributed by atoms with van der Waals surface area (Å²) in [4.78, 5) is 4.30. The molecule has 2 aliphatic heterocycles. The van der Waals surface area contributed by atoms with Crippen molar-refractivity contribution in [3.63, 3.8) is 0 Å². The predicted molar refractivity (Wildman–Crippen MR) is 130 cm³/mol. The van der Waals surface area contributed by atoms with E-state index in [4.69, 9.17) is 4.74 Å². The molecule has 2 aromatic carbocycles. The van der Waals surface area contributed by atoms with Gasteiger partial charge in [0.1, 0.15) is 18.1 Å². The van der Waals surface area contributed by atoms with Crippen molar-refractivity contribution in [3.05, 3.63) is 89.6 Å². The summed E-state index contributed by atoms with van der Waals surface area (Å²) in [6.45, 7) is 5.53. The molecule has 0 fully saturated rings. The van der Waals surface area contributed by atoms with Gasteiger partial charge in [-0.25, -0.2) is 9.37 Å². The van der Waals surface area contributed by atoms with Crippen LogP contribution < -0.4 is 4.74 Å². The molecule has 0 unspecified atom stereocenters. The molecule has 0 spiro atoms. The molecule has 2 aliphatic rings. The van der Waals surface area contributed by atoms with E-state index in [1.54, 1.807) is 13.4 Å². The Hall–Kier alpha value is -4.00. The van der Waals surface area contributed by atoms with Gasteiger partial charge in [-0.1, -0.05) is 35.9 Å². The molecule has 0 aliphatic carbocycles. The number of aromatic nitrogens is 5. The van der Waals surface area contributed by atoms with Crippen molar-refractivity contribution < 1.29 is 9.13 Å². The minimum Gasteiger partial charge on any atom is -0.495 e. The monoisotopic (exact) mass is 455 g/mol. The number of rotatable bonds is 6. The maximum atomic E-state index is 13.9. The number of nitrogens with zero attached hydrogens (tertiary/aromatic N) is 5. The topological polar surface area (TPSA) is 57.8 Å². The molecule has 1 atom stereocenters. The number of ether oxygens (including phenoxy) is 1. The fourth-order valence-corrected chi connectivity index (χ4v) is 4.28. The van der Waals surface area contributed by atoms with Crippen LogP contribution in [0.15, 0.2) is 67.3 Å². The molecular weight excluding hydrogens is 429 g/mol. The van der Waals surface area contributed by atoms with Gasteiger partial charge in [0.05, 0.1) is 30.9 Å². The van der Waals surface area contributed by atoms with Gasteiger partial charge in [0.25, 0.3) is 0 Å². The fourth-order valence-electron chi connectivity index (χ4n) is 4.28. The van der Waals surface area contributed by atoms with Crippen molar-refractivity contribution in [1.29, 1.82) is 0 Å². The maximum Gasteiger partial charge on any atom is 0.165 e. The van der Waals surface area contributed by atoms with Crippen LogP contribution in [-0.2, 0) is 6.67 Å². The van der Waals surface area contributed by atoms with E-state index in [1.165, 1.54) is 5.56 Å².